The molecule has 35 heavy (non-hydrogen) atoms. The van der Waals surface area contributed by atoms with Gasteiger partial charge in [0.05, 0.1) is 17.4 Å². The number of nitrogens with one attached hydrogen (secondary N) is 2. The van der Waals surface area contributed by atoms with Crippen LogP contribution >= 0.6 is 0 Å². The molecule has 3 saturated heterocycles. The number of aliphatic hydroxyl groups excluding tert-OH is 1. The summed E-state index contributed by atoms with van der Waals surface area (Å²) in [5.41, 5.74) is -2.17. The fraction of sp³-hybridized carbons (Fsp3) is 0.889. The van der Waals surface area contributed by atoms with Gasteiger partial charge in [-0.2, -0.15) is 0 Å². The van der Waals surface area contributed by atoms with Gasteiger partial charge >= 0.3 is 0 Å². The highest BCUT2D eigenvalue weighted by Crippen LogP contribution is 2.64. The molecule has 3 heterocycles. The molecular formula is C27H47N3O5. The molecule has 2 unspecified atom stereocenters. The van der Waals surface area contributed by atoms with Crippen molar-refractivity contribution in [2.24, 2.45) is 17.3 Å². The largest absolute Gasteiger partial charge is 0.396 e. The Kier molecular flexibility index (Phi) is 7.98. The van der Waals surface area contributed by atoms with E-state index in [1.165, 1.54) is 0 Å². The van der Waals surface area contributed by atoms with Gasteiger partial charge in [0.25, 0.3) is 0 Å². The van der Waals surface area contributed by atoms with Crippen molar-refractivity contribution in [3.8, 4) is 0 Å². The van der Waals surface area contributed by atoms with E-state index in [9.17, 15) is 19.5 Å². The van der Waals surface area contributed by atoms with Crippen molar-refractivity contribution in [2.45, 2.75) is 116 Å². The van der Waals surface area contributed by atoms with Gasteiger partial charge in [-0.05, 0) is 64.2 Å². The van der Waals surface area contributed by atoms with Crippen LogP contribution in [0.25, 0.3) is 0 Å². The van der Waals surface area contributed by atoms with E-state index in [-0.39, 0.29) is 29.7 Å². The van der Waals surface area contributed by atoms with E-state index >= 15 is 0 Å². The van der Waals surface area contributed by atoms with E-state index in [2.05, 4.69) is 31.4 Å². The zero-order chi connectivity index (χ0) is 26.2. The predicted molar refractivity (Wildman–Crippen MR) is 134 cm³/mol. The SMILES string of the molecule is CCCNC(=O)[C@@H]1[C@H]2C(=O)N(CCCCO)C(C(=O)NC(C)(C)CC(C)(C)C)C23CC[C@@]1(CC)O3. The van der Waals surface area contributed by atoms with Gasteiger partial charge in [0.2, 0.25) is 17.7 Å². The molecule has 3 rings (SSSR count). The van der Waals surface area contributed by atoms with E-state index in [1.807, 2.05) is 27.7 Å². The molecule has 0 saturated carbocycles. The van der Waals surface area contributed by atoms with E-state index in [0.717, 1.165) is 12.8 Å². The molecule has 8 heteroatoms. The summed E-state index contributed by atoms with van der Waals surface area (Å²) in [6, 6.07) is -0.782. The second-order valence-corrected chi connectivity index (χ2v) is 12.7. The number of nitrogens with zero attached hydrogens (tertiary/aromatic N) is 1. The van der Waals surface area contributed by atoms with Crippen LogP contribution in [0.1, 0.15) is 93.4 Å². The Labute approximate surface area is 210 Å². The van der Waals surface area contributed by atoms with Crippen molar-refractivity contribution >= 4 is 17.7 Å². The third-order valence-electron chi connectivity index (χ3n) is 8.00. The molecule has 2 bridgehead atoms. The van der Waals surface area contributed by atoms with Crippen LogP contribution in [0, 0.1) is 17.3 Å². The van der Waals surface area contributed by atoms with Crippen LogP contribution in [-0.4, -0.2) is 70.2 Å². The lowest BCUT2D eigenvalue weighted by atomic mass is 9.65. The van der Waals surface area contributed by atoms with Crippen LogP contribution in [0.3, 0.4) is 0 Å². The maximum atomic E-state index is 14.0. The van der Waals surface area contributed by atoms with Crippen LogP contribution < -0.4 is 10.6 Å². The minimum absolute atomic E-state index is 0.0148. The minimum Gasteiger partial charge on any atom is -0.396 e. The Morgan fingerprint density at radius 1 is 1.11 bits per heavy atom. The minimum atomic E-state index is -0.998. The number of unbranched alkanes of at least 4 members (excludes halogenated alkanes) is 1. The van der Waals surface area contributed by atoms with Gasteiger partial charge in [-0.3, -0.25) is 14.4 Å². The number of fused-ring (bicyclic) bond motifs is 1. The first kappa shape index (κ1) is 27.9. The van der Waals surface area contributed by atoms with Gasteiger partial charge in [0, 0.05) is 25.2 Å². The standard InChI is InChI=1S/C27H47N3O5/c1-8-14-28-21(32)18-19-23(34)30(15-10-11-16-31)20(27(19)13-12-26(18,9-2)35-27)22(33)29-25(6,7)17-24(3,4)5/h18-20,31H,8-17H2,1-7H3,(H,28,32)(H,29,33)/t18-,19-,20?,26+,27?/m0/s1. The first-order valence-corrected chi connectivity index (χ1v) is 13.5. The molecule has 0 aromatic rings. The molecule has 0 radical (unpaired) electrons. The summed E-state index contributed by atoms with van der Waals surface area (Å²) < 4.78 is 6.76. The molecule has 5 atom stereocenters. The molecule has 0 aromatic heterocycles. The van der Waals surface area contributed by atoms with Crippen LogP contribution in [0.15, 0.2) is 0 Å². The lowest BCUT2D eigenvalue weighted by Crippen LogP contribution is -2.59. The van der Waals surface area contributed by atoms with Crippen molar-refractivity contribution in [3.05, 3.63) is 0 Å². The quantitative estimate of drug-likeness (QED) is 0.384. The molecule has 8 nitrogen and oxygen atoms in total. The van der Waals surface area contributed by atoms with Crippen molar-refractivity contribution < 1.29 is 24.2 Å². The van der Waals surface area contributed by atoms with Gasteiger partial charge in [-0.15, -0.1) is 0 Å². The number of ether oxygens (including phenoxy) is 1. The second-order valence-electron chi connectivity index (χ2n) is 12.7. The maximum absolute atomic E-state index is 14.0. The number of likely N-dealkylation sites (tertiary alicyclic amines) is 1. The summed E-state index contributed by atoms with van der Waals surface area (Å²) in [5.74, 6) is -1.77. The van der Waals surface area contributed by atoms with Gasteiger partial charge in [0.15, 0.2) is 0 Å². The van der Waals surface area contributed by atoms with Crippen molar-refractivity contribution in [1.82, 2.24) is 15.5 Å². The molecule has 200 valence electrons. The summed E-state index contributed by atoms with van der Waals surface area (Å²) in [4.78, 5) is 42.9. The Bertz CT molecular complexity index is 822. The number of amides is 3. The Hall–Kier alpha value is -1.67. The average Bonchev–Trinajstić information content (AvgIpc) is 3.34. The normalized spacial score (nSPS) is 32.2. The van der Waals surface area contributed by atoms with Gasteiger partial charge in [-0.1, -0.05) is 34.6 Å². The molecular weight excluding hydrogens is 446 g/mol. The smallest absolute Gasteiger partial charge is 0.246 e. The first-order valence-electron chi connectivity index (χ1n) is 13.5. The number of rotatable bonds is 11. The zero-order valence-electron chi connectivity index (χ0n) is 22.8. The number of carbonyl (C=O) groups excluding carboxylic acids is 3. The lowest BCUT2D eigenvalue weighted by molar-refractivity contribution is -0.148. The summed E-state index contributed by atoms with van der Waals surface area (Å²) in [7, 11) is 0. The lowest BCUT2D eigenvalue weighted by Gasteiger charge is -2.38. The summed E-state index contributed by atoms with van der Waals surface area (Å²) in [5, 5.41) is 15.5. The number of aliphatic hydroxyl groups is 1. The third-order valence-corrected chi connectivity index (χ3v) is 8.00. The molecule has 3 aliphatic heterocycles. The van der Waals surface area contributed by atoms with Gasteiger partial charge < -0.3 is 25.4 Å². The summed E-state index contributed by atoms with van der Waals surface area (Å²) in [6.45, 7) is 15.4. The average molecular weight is 494 g/mol. The highest BCUT2D eigenvalue weighted by Gasteiger charge is 2.78. The van der Waals surface area contributed by atoms with E-state index in [0.29, 0.717) is 45.2 Å². The highest BCUT2D eigenvalue weighted by atomic mass is 16.5. The molecule has 0 aromatic carbocycles. The van der Waals surface area contributed by atoms with Crippen molar-refractivity contribution in [1.29, 1.82) is 0 Å². The van der Waals surface area contributed by atoms with Gasteiger partial charge in [0.1, 0.15) is 11.6 Å². The topological polar surface area (TPSA) is 108 Å². The fourth-order valence-electron chi connectivity index (χ4n) is 7.18. The van der Waals surface area contributed by atoms with Crippen molar-refractivity contribution in [2.75, 3.05) is 19.7 Å². The first-order chi connectivity index (χ1) is 16.3. The molecule has 3 fully saturated rings. The molecule has 3 aliphatic rings. The third kappa shape index (κ3) is 5.10. The van der Waals surface area contributed by atoms with Crippen LogP contribution in [0.2, 0.25) is 0 Å². The second kappa shape index (κ2) is 10.0. The monoisotopic (exact) mass is 493 g/mol. The Morgan fingerprint density at radius 2 is 1.80 bits per heavy atom. The van der Waals surface area contributed by atoms with Crippen LogP contribution in [0.5, 0.6) is 0 Å². The van der Waals surface area contributed by atoms with E-state index < -0.39 is 34.6 Å². The van der Waals surface area contributed by atoms with Crippen LogP contribution in [0.4, 0.5) is 0 Å². The predicted octanol–water partition coefficient (Wildman–Crippen LogP) is 2.77. The maximum Gasteiger partial charge on any atom is 0.246 e. The van der Waals surface area contributed by atoms with Crippen LogP contribution in [-0.2, 0) is 19.1 Å². The summed E-state index contributed by atoms with van der Waals surface area (Å²) >= 11 is 0. The Morgan fingerprint density at radius 3 is 2.37 bits per heavy atom. The zero-order valence-corrected chi connectivity index (χ0v) is 22.8. The Balaban J connectivity index is 1.99. The number of hydrogen-bond acceptors (Lipinski definition) is 5. The fourth-order valence-corrected chi connectivity index (χ4v) is 7.18. The molecule has 3 amide bonds. The number of hydrogen-bond donors (Lipinski definition) is 3. The molecule has 3 N–H and O–H groups in total. The summed E-state index contributed by atoms with van der Waals surface area (Å²) in [6.07, 6.45) is 4.59. The molecule has 1 spiro atoms. The van der Waals surface area contributed by atoms with E-state index in [4.69, 9.17) is 4.74 Å². The van der Waals surface area contributed by atoms with E-state index in [1.54, 1.807) is 4.90 Å². The number of carbonyl (C=O) groups is 3. The van der Waals surface area contributed by atoms with Crippen molar-refractivity contribution in [3.63, 3.8) is 0 Å². The molecule has 0 aliphatic carbocycles. The van der Waals surface area contributed by atoms with Gasteiger partial charge in [-0.25, -0.2) is 0 Å². The highest BCUT2D eigenvalue weighted by molar-refractivity contribution is 5.99.